The van der Waals surface area contributed by atoms with Gasteiger partial charge in [-0.1, -0.05) is 6.08 Å². The largest absolute Gasteiger partial charge is 0.350 e. The van der Waals surface area contributed by atoms with Crippen molar-refractivity contribution < 1.29 is 9.59 Å². The van der Waals surface area contributed by atoms with Crippen molar-refractivity contribution in [3.05, 3.63) is 12.7 Å². The quantitative estimate of drug-likeness (QED) is 0.696. The highest BCUT2D eigenvalue weighted by Gasteiger charge is 2.22. The molecule has 0 rings (SSSR count). The van der Waals surface area contributed by atoms with Gasteiger partial charge in [0, 0.05) is 12.5 Å². The lowest BCUT2D eigenvalue weighted by Gasteiger charge is -2.25. The van der Waals surface area contributed by atoms with E-state index in [0.29, 0.717) is 12.8 Å². The molecule has 0 aromatic heterocycles. The Morgan fingerprint density at radius 3 is 2.31 bits per heavy atom. The Balaban J connectivity index is 4.42. The predicted molar refractivity (Wildman–Crippen MR) is 64.9 cm³/mol. The molecule has 0 aromatic carbocycles. The molecule has 0 fully saturated rings. The minimum Gasteiger partial charge on any atom is -0.350 e. The number of carbonyl (C=O) groups excluding carboxylic acids is 2. The smallest absolute Gasteiger partial charge is 0.242 e. The zero-order valence-corrected chi connectivity index (χ0v) is 10.6. The average Bonchev–Trinajstić information content (AvgIpc) is 2.08. The van der Waals surface area contributed by atoms with Gasteiger partial charge in [-0.05, 0) is 33.6 Å². The molecule has 0 aliphatic carbocycles. The molecule has 0 saturated carbocycles. The zero-order chi connectivity index (χ0) is 12.8. The van der Waals surface area contributed by atoms with Crippen LogP contribution in [-0.2, 0) is 9.59 Å². The minimum absolute atomic E-state index is 0.149. The minimum atomic E-state index is -0.477. The molecular formula is C12H22N2O2. The highest BCUT2D eigenvalue weighted by atomic mass is 16.2. The first-order valence-corrected chi connectivity index (χ1v) is 5.46. The summed E-state index contributed by atoms with van der Waals surface area (Å²) in [6.07, 6.45) is 3.01. The topological polar surface area (TPSA) is 58.2 Å². The van der Waals surface area contributed by atoms with E-state index < -0.39 is 6.04 Å². The van der Waals surface area contributed by atoms with Gasteiger partial charge in [0.2, 0.25) is 11.8 Å². The van der Waals surface area contributed by atoms with Crippen LogP contribution in [0.5, 0.6) is 0 Å². The van der Waals surface area contributed by atoms with E-state index in [1.54, 1.807) is 6.08 Å². The van der Waals surface area contributed by atoms with Gasteiger partial charge in [0.25, 0.3) is 0 Å². The van der Waals surface area contributed by atoms with Crippen molar-refractivity contribution in [1.29, 1.82) is 0 Å². The van der Waals surface area contributed by atoms with E-state index >= 15 is 0 Å². The molecule has 16 heavy (non-hydrogen) atoms. The highest BCUT2D eigenvalue weighted by molar-refractivity contribution is 5.87. The van der Waals surface area contributed by atoms with Crippen LogP contribution in [0, 0.1) is 0 Å². The summed E-state index contributed by atoms with van der Waals surface area (Å²) in [6.45, 7) is 10.7. The lowest BCUT2D eigenvalue weighted by Crippen LogP contribution is -2.51. The summed E-state index contributed by atoms with van der Waals surface area (Å²) in [5.41, 5.74) is -0.290. The van der Waals surface area contributed by atoms with Crippen molar-refractivity contribution in [1.82, 2.24) is 10.6 Å². The van der Waals surface area contributed by atoms with E-state index in [1.807, 2.05) is 20.8 Å². The number of hydrogen-bond acceptors (Lipinski definition) is 2. The SMILES string of the molecule is C=CCCC(NC(C)=O)C(=O)NC(C)(C)C. The van der Waals surface area contributed by atoms with E-state index in [4.69, 9.17) is 0 Å². The van der Waals surface area contributed by atoms with Gasteiger partial charge < -0.3 is 10.6 Å². The maximum Gasteiger partial charge on any atom is 0.242 e. The maximum atomic E-state index is 11.8. The number of hydrogen-bond donors (Lipinski definition) is 2. The summed E-state index contributed by atoms with van der Waals surface area (Å²) in [4.78, 5) is 22.8. The third kappa shape index (κ3) is 7.04. The van der Waals surface area contributed by atoms with Crippen LogP contribution >= 0.6 is 0 Å². The fraction of sp³-hybridized carbons (Fsp3) is 0.667. The standard InChI is InChI=1S/C12H22N2O2/c1-6-7-8-10(13-9(2)15)11(16)14-12(3,4)5/h6,10H,1,7-8H2,2-5H3,(H,13,15)(H,14,16). The van der Waals surface area contributed by atoms with E-state index in [9.17, 15) is 9.59 Å². The van der Waals surface area contributed by atoms with Crippen LogP contribution in [0.1, 0.15) is 40.5 Å². The van der Waals surface area contributed by atoms with Crippen LogP contribution < -0.4 is 10.6 Å². The molecule has 2 N–H and O–H groups in total. The van der Waals surface area contributed by atoms with Crippen molar-refractivity contribution in [2.75, 3.05) is 0 Å². The zero-order valence-electron chi connectivity index (χ0n) is 10.6. The molecule has 1 unspecified atom stereocenters. The van der Waals surface area contributed by atoms with E-state index in [0.717, 1.165) is 0 Å². The molecule has 0 bridgehead atoms. The normalized spacial score (nSPS) is 12.8. The van der Waals surface area contributed by atoms with E-state index in [-0.39, 0.29) is 17.4 Å². The van der Waals surface area contributed by atoms with Crippen LogP contribution in [0.3, 0.4) is 0 Å². The van der Waals surface area contributed by atoms with E-state index in [1.165, 1.54) is 6.92 Å². The number of allylic oxidation sites excluding steroid dienone is 1. The lowest BCUT2D eigenvalue weighted by atomic mass is 10.1. The second-order valence-electron chi connectivity index (χ2n) is 4.86. The summed E-state index contributed by atoms with van der Waals surface area (Å²) in [5, 5.41) is 5.48. The van der Waals surface area contributed by atoms with Gasteiger partial charge in [-0.15, -0.1) is 6.58 Å². The van der Waals surface area contributed by atoms with Crippen molar-refractivity contribution >= 4 is 11.8 Å². The first-order valence-electron chi connectivity index (χ1n) is 5.46. The molecule has 2 amide bonds. The molecule has 0 aliphatic heterocycles. The van der Waals surface area contributed by atoms with Crippen LogP contribution in [0.25, 0.3) is 0 Å². The van der Waals surface area contributed by atoms with Crippen molar-refractivity contribution in [3.63, 3.8) is 0 Å². The Bertz CT molecular complexity index is 267. The average molecular weight is 226 g/mol. The molecule has 0 heterocycles. The molecular weight excluding hydrogens is 204 g/mol. The third-order valence-corrected chi connectivity index (χ3v) is 1.85. The van der Waals surface area contributed by atoms with Crippen LogP contribution in [0.15, 0.2) is 12.7 Å². The molecule has 92 valence electrons. The Labute approximate surface area is 97.5 Å². The van der Waals surface area contributed by atoms with Crippen LogP contribution in [0.4, 0.5) is 0 Å². The van der Waals surface area contributed by atoms with Crippen molar-refractivity contribution in [3.8, 4) is 0 Å². The first kappa shape index (κ1) is 14.7. The van der Waals surface area contributed by atoms with Crippen molar-refractivity contribution in [2.24, 2.45) is 0 Å². The summed E-state index contributed by atoms with van der Waals surface area (Å²) >= 11 is 0. The maximum absolute atomic E-state index is 11.8. The van der Waals surface area contributed by atoms with Crippen LogP contribution in [0.2, 0.25) is 0 Å². The second kappa shape index (κ2) is 6.30. The third-order valence-electron chi connectivity index (χ3n) is 1.85. The molecule has 4 nitrogen and oxygen atoms in total. The number of nitrogens with one attached hydrogen (secondary N) is 2. The number of rotatable bonds is 5. The van der Waals surface area contributed by atoms with Gasteiger partial charge in [0.15, 0.2) is 0 Å². The van der Waals surface area contributed by atoms with Gasteiger partial charge in [0.05, 0.1) is 0 Å². The fourth-order valence-electron chi connectivity index (χ4n) is 1.26. The summed E-state index contributed by atoms with van der Waals surface area (Å²) in [5.74, 6) is -0.345. The predicted octanol–water partition coefficient (Wildman–Crippen LogP) is 1.37. The Morgan fingerprint density at radius 1 is 1.38 bits per heavy atom. The summed E-state index contributed by atoms with van der Waals surface area (Å²) in [7, 11) is 0. The molecule has 0 spiro atoms. The fourth-order valence-corrected chi connectivity index (χ4v) is 1.26. The van der Waals surface area contributed by atoms with Crippen molar-refractivity contribution in [2.45, 2.75) is 52.1 Å². The van der Waals surface area contributed by atoms with Gasteiger partial charge in [0.1, 0.15) is 6.04 Å². The highest BCUT2D eigenvalue weighted by Crippen LogP contribution is 2.03. The van der Waals surface area contributed by atoms with Gasteiger partial charge in [-0.2, -0.15) is 0 Å². The Morgan fingerprint density at radius 2 is 1.94 bits per heavy atom. The lowest BCUT2D eigenvalue weighted by molar-refractivity contribution is -0.129. The molecule has 4 heteroatoms. The van der Waals surface area contributed by atoms with E-state index in [2.05, 4.69) is 17.2 Å². The molecule has 0 radical (unpaired) electrons. The molecule has 1 atom stereocenters. The Hall–Kier alpha value is -1.32. The first-order chi connectivity index (χ1) is 7.26. The number of amides is 2. The van der Waals surface area contributed by atoms with Crippen LogP contribution in [-0.4, -0.2) is 23.4 Å². The molecule has 0 saturated heterocycles. The summed E-state index contributed by atoms with van der Waals surface area (Å²) in [6, 6.07) is -0.477. The summed E-state index contributed by atoms with van der Waals surface area (Å²) < 4.78 is 0. The Kier molecular flexibility index (Phi) is 5.78. The molecule has 0 aliphatic rings. The van der Waals surface area contributed by atoms with Gasteiger partial charge >= 0.3 is 0 Å². The second-order valence-corrected chi connectivity index (χ2v) is 4.86. The molecule has 0 aromatic rings. The van der Waals surface area contributed by atoms with Gasteiger partial charge in [-0.3, -0.25) is 9.59 Å². The van der Waals surface area contributed by atoms with Gasteiger partial charge in [-0.25, -0.2) is 0 Å². The number of carbonyl (C=O) groups is 2. The monoisotopic (exact) mass is 226 g/mol.